The molecule has 0 aliphatic carbocycles. The smallest absolute Gasteiger partial charge is 0.409 e. The van der Waals surface area contributed by atoms with Crippen LogP contribution in [0.4, 0.5) is 4.79 Å². The first kappa shape index (κ1) is 19.5. The molecule has 0 fully saturated rings. The second-order valence-corrected chi connectivity index (χ2v) is 6.58. The van der Waals surface area contributed by atoms with E-state index in [1.165, 1.54) is 14.0 Å². The molecule has 3 rings (SSSR count). The molecule has 0 radical (unpaired) electrons. The Kier molecular flexibility index (Phi) is 5.12. The summed E-state index contributed by atoms with van der Waals surface area (Å²) in [5.74, 6) is -0.00469. The molecule has 0 aromatic carbocycles. The molecular weight excluding hydrogens is 366 g/mol. The number of fused-ring (bicyclic) bond motifs is 2. The van der Waals surface area contributed by atoms with Crippen LogP contribution in [0.15, 0.2) is 17.1 Å². The molecule has 1 unspecified atom stereocenters. The van der Waals surface area contributed by atoms with Crippen molar-refractivity contribution in [1.29, 1.82) is 0 Å². The van der Waals surface area contributed by atoms with Gasteiger partial charge in [0.15, 0.2) is 6.23 Å². The maximum Gasteiger partial charge on any atom is 0.409 e. The summed E-state index contributed by atoms with van der Waals surface area (Å²) in [5.41, 5.74) is 2.01. The molecule has 1 amide bonds. The van der Waals surface area contributed by atoms with Crippen molar-refractivity contribution in [2.45, 2.75) is 32.9 Å². The van der Waals surface area contributed by atoms with Gasteiger partial charge < -0.3 is 14.0 Å². The number of ether oxygens (including phenoxy) is 2. The summed E-state index contributed by atoms with van der Waals surface area (Å²) >= 11 is 0. The number of nitrogens with zero attached hydrogens (tertiary/aromatic N) is 4. The highest BCUT2D eigenvalue weighted by molar-refractivity contribution is 5.78. The van der Waals surface area contributed by atoms with E-state index in [-0.39, 0.29) is 12.0 Å². The number of alkyl carbamates (subject to hydrolysis) is 1. The van der Waals surface area contributed by atoms with Crippen molar-refractivity contribution in [3.63, 3.8) is 0 Å². The van der Waals surface area contributed by atoms with Crippen LogP contribution in [0.5, 0.6) is 0 Å². The molecule has 10 nitrogen and oxygen atoms in total. The zero-order valence-electron chi connectivity index (χ0n) is 16.5. The fraction of sp³-hybridized carbons (Fsp3) is 0.444. The second-order valence-electron chi connectivity index (χ2n) is 6.58. The van der Waals surface area contributed by atoms with Gasteiger partial charge in [0.2, 0.25) is 5.78 Å². The van der Waals surface area contributed by atoms with Crippen LogP contribution in [0.25, 0.3) is 16.8 Å². The maximum atomic E-state index is 13.1. The first-order valence-corrected chi connectivity index (χ1v) is 8.78. The van der Waals surface area contributed by atoms with Crippen LogP contribution in [0, 0.1) is 6.92 Å². The average molecular weight is 389 g/mol. The zero-order valence-corrected chi connectivity index (χ0v) is 16.5. The van der Waals surface area contributed by atoms with Crippen molar-refractivity contribution < 1.29 is 19.1 Å². The first-order chi connectivity index (χ1) is 13.2. The summed E-state index contributed by atoms with van der Waals surface area (Å²) < 4.78 is 15.0. The minimum Gasteiger partial charge on any atom is -0.453 e. The number of nitrogens with one attached hydrogen (secondary N) is 1. The zero-order chi connectivity index (χ0) is 20.6. The molecule has 0 spiro atoms. The molecule has 1 atom stereocenters. The van der Waals surface area contributed by atoms with Gasteiger partial charge in [-0.25, -0.2) is 14.2 Å². The van der Waals surface area contributed by atoms with E-state index >= 15 is 0 Å². The number of aryl methyl sites for hydroxylation is 4. The number of amides is 1. The molecule has 10 heteroatoms. The molecule has 150 valence electrons. The minimum absolute atomic E-state index is 0.163. The molecule has 0 bridgehead atoms. The lowest BCUT2D eigenvalue weighted by Crippen LogP contribution is -2.38. The van der Waals surface area contributed by atoms with E-state index in [0.717, 1.165) is 5.65 Å². The van der Waals surface area contributed by atoms with Crippen molar-refractivity contribution in [2.75, 3.05) is 7.11 Å². The summed E-state index contributed by atoms with van der Waals surface area (Å²) in [6.45, 7) is 3.08. The summed E-state index contributed by atoms with van der Waals surface area (Å²) in [7, 11) is 4.95. The summed E-state index contributed by atoms with van der Waals surface area (Å²) in [4.78, 5) is 40.4. The molecule has 3 heterocycles. The summed E-state index contributed by atoms with van der Waals surface area (Å²) in [6, 6.07) is 1.77. The lowest BCUT2D eigenvalue weighted by Gasteiger charge is -2.17. The van der Waals surface area contributed by atoms with Gasteiger partial charge in [0.1, 0.15) is 5.65 Å². The lowest BCUT2D eigenvalue weighted by molar-refractivity contribution is -0.147. The van der Waals surface area contributed by atoms with E-state index < -0.39 is 18.3 Å². The first-order valence-electron chi connectivity index (χ1n) is 8.78. The highest BCUT2D eigenvalue weighted by Crippen LogP contribution is 2.18. The van der Waals surface area contributed by atoms with Gasteiger partial charge in [0, 0.05) is 33.6 Å². The van der Waals surface area contributed by atoms with Crippen molar-refractivity contribution in [3.05, 3.63) is 34.0 Å². The monoisotopic (exact) mass is 389 g/mol. The van der Waals surface area contributed by atoms with E-state index in [4.69, 9.17) is 4.74 Å². The number of imidazole rings is 1. The van der Waals surface area contributed by atoms with Gasteiger partial charge in [0.25, 0.3) is 5.56 Å². The second kappa shape index (κ2) is 7.37. The normalized spacial score (nSPS) is 12.3. The molecular formula is C18H23N5O5. The third-order valence-corrected chi connectivity index (χ3v) is 4.66. The number of esters is 1. The Labute approximate surface area is 160 Å². The van der Waals surface area contributed by atoms with E-state index in [9.17, 15) is 14.4 Å². The molecule has 0 aliphatic rings. The Balaban J connectivity index is 2.01. The van der Waals surface area contributed by atoms with Crippen LogP contribution >= 0.6 is 0 Å². The van der Waals surface area contributed by atoms with Crippen molar-refractivity contribution >= 4 is 28.9 Å². The number of hydrogen-bond donors (Lipinski definition) is 1. The summed E-state index contributed by atoms with van der Waals surface area (Å²) in [5, 5.41) is 3.05. The third kappa shape index (κ3) is 3.32. The van der Waals surface area contributed by atoms with Crippen molar-refractivity contribution in [1.82, 2.24) is 23.8 Å². The summed E-state index contributed by atoms with van der Waals surface area (Å²) in [6.07, 6.45) is 0.874. The van der Waals surface area contributed by atoms with Gasteiger partial charge >= 0.3 is 12.1 Å². The SMILES string of the molecule is COC(=O)NC(CCc1c(C)nc2n(C)c3c(ccn3C)c(=O)n12)OC(C)=O. The van der Waals surface area contributed by atoms with E-state index in [2.05, 4.69) is 15.0 Å². The molecule has 3 aromatic rings. The van der Waals surface area contributed by atoms with Gasteiger partial charge in [-0.05, 0) is 19.4 Å². The van der Waals surface area contributed by atoms with E-state index in [1.54, 1.807) is 10.5 Å². The van der Waals surface area contributed by atoms with E-state index in [1.807, 2.05) is 36.4 Å². The van der Waals surface area contributed by atoms with E-state index in [0.29, 0.717) is 29.0 Å². The van der Waals surface area contributed by atoms with Gasteiger partial charge in [0.05, 0.1) is 23.9 Å². The third-order valence-electron chi connectivity index (χ3n) is 4.66. The van der Waals surface area contributed by atoms with Gasteiger partial charge in [-0.1, -0.05) is 0 Å². The van der Waals surface area contributed by atoms with Crippen LogP contribution in [0.2, 0.25) is 0 Å². The van der Waals surface area contributed by atoms with Gasteiger partial charge in [-0.15, -0.1) is 0 Å². The number of methoxy groups -OCH3 is 1. The fourth-order valence-corrected chi connectivity index (χ4v) is 3.42. The predicted octanol–water partition coefficient (Wildman–Crippen LogP) is 1.01. The van der Waals surface area contributed by atoms with Gasteiger partial charge in [-0.2, -0.15) is 0 Å². The van der Waals surface area contributed by atoms with Crippen LogP contribution in [-0.2, 0) is 34.8 Å². The van der Waals surface area contributed by atoms with Crippen LogP contribution in [0.1, 0.15) is 24.7 Å². The van der Waals surface area contributed by atoms with Crippen LogP contribution in [-0.4, -0.2) is 43.9 Å². The molecule has 0 aliphatic heterocycles. The Hall–Kier alpha value is -3.30. The van der Waals surface area contributed by atoms with Gasteiger partial charge in [-0.3, -0.25) is 19.5 Å². The molecule has 3 aromatic heterocycles. The average Bonchev–Trinajstić information content (AvgIpc) is 3.18. The fourth-order valence-electron chi connectivity index (χ4n) is 3.42. The standard InChI is InChI=1S/C18H23N5O5/c1-10-13(6-7-14(28-11(2)24)20-18(26)27-5)23-16(25)12-8-9-21(3)15(12)22(4)17(23)19-10/h8-9,14H,6-7H2,1-5H3,(H,20,26). The Morgan fingerprint density at radius 2 is 2.04 bits per heavy atom. The number of rotatable bonds is 5. The minimum atomic E-state index is -0.876. The maximum absolute atomic E-state index is 13.1. The topological polar surface area (TPSA) is 109 Å². The number of carbonyl (C=O) groups is 2. The number of carbonyl (C=O) groups excluding carboxylic acids is 2. The molecule has 0 saturated heterocycles. The number of hydrogen-bond acceptors (Lipinski definition) is 6. The van der Waals surface area contributed by atoms with Crippen molar-refractivity contribution in [3.8, 4) is 0 Å². The Bertz CT molecular complexity index is 1120. The van der Waals surface area contributed by atoms with Crippen molar-refractivity contribution in [2.24, 2.45) is 14.1 Å². The largest absolute Gasteiger partial charge is 0.453 e. The number of aromatic nitrogens is 4. The Morgan fingerprint density at radius 1 is 1.32 bits per heavy atom. The van der Waals surface area contributed by atoms with Crippen LogP contribution < -0.4 is 10.9 Å². The lowest BCUT2D eigenvalue weighted by atomic mass is 10.2. The predicted molar refractivity (Wildman–Crippen MR) is 101 cm³/mol. The van der Waals surface area contributed by atoms with Crippen LogP contribution in [0.3, 0.4) is 0 Å². The highest BCUT2D eigenvalue weighted by Gasteiger charge is 2.21. The highest BCUT2D eigenvalue weighted by atomic mass is 16.6. The molecule has 1 N–H and O–H groups in total. The molecule has 0 saturated carbocycles. The quantitative estimate of drug-likeness (QED) is 0.515. The Morgan fingerprint density at radius 3 is 2.68 bits per heavy atom. The molecule has 28 heavy (non-hydrogen) atoms.